The average molecular weight is 494 g/mol. The van der Waals surface area contributed by atoms with Crippen LogP contribution in [0.1, 0.15) is 32.4 Å². The highest BCUT2D eigenvalue weighted by Crippen LogP contribution is 2.21. The minimum Gasteiger partial charge on any atom is -0.444 e. The quantitative estimate of drug-likeness (QED) is 0.286. The third-order valence-electron chi connectivity index (χ3n) is 3.75. The number of nitrogens with zero attached hydrogens (tertiary/aromatic N) is 4. The molecule has 2 rings (SSSR count). The maximum atomic E-state index is 11.7. The van der Waals surface area contributed by atoms with Gasteiger partial charge in [-0.1, -0.05) is 0 Å². The molecule has 0 aromatic carbocycles. The number of hydrogen-bond acceptors (Lipinski definition) is 5. The SMILES string of the molecule is CN=C(NCCNC(=O)OC(C)(C)C)N1CCOC(c2cnn(C)c2)C1.I. The smallest absolute Gasteiger partial charge is 0.407 e. The van der Waals surface area contributed by atoms with Crippen molar-refractivity contribution in [1.82, 2.24) is 25.3 Å². The number of carbonyl (C=O) groups is 1. The lowest BCUT2D eigenvalue weighted by Crippen LogP contribution is -2.49. The predicted molar refractivity (Wildman–Crippen MR) is 114 cm³/mol. The summed E-state index contributed by atoms with van der Waals surface area (Å²) in [6.45, 7) is 8.60. The lowest BCUT2D eigenvalue weighted by molar-refractivity contribution is -0.00800. The van der Waals surface area contributed by atoms with E-state index >= 15 is 0 Å². The van der Waals surface area contributed by atoms with Crippen LogP contribution >= 0.6 is 24.0 Å². The van der Waals surface area contributed by atoms with E-state index in [1.807, 2.05) is 40.2 Å². The molecule has 2 heterocycles. The lowest BCUT2D eigenvalue weighted by Gasteiger charge is -2.34. The number of nitrogens with one attached hydrogen (secondary N) is 2. The number of hydrogen-bond donors (Lipinski definition) is 2. The van der Waals surface area contributed by atoms with E-state index in [1.165, 1.54) is 0 Å². The molecule has 2 N–H and O–H groups in total. The van der Waals surface area contributed by atoms with Crippen LogP contribution in [0.15, 0.2) is 17.4 Å². The predicted octanol–water partition coefficient (Wildman–Crippen LogP) is 1.51. The van der Waals surface area contributed by atoms with Crippen LogP contribution in [0.25, 0.3) is 0 Å². The second-order valence-electron chi connectivity index (χ2n) is 7.16. The zero-order valence-electron chi connectivity index (χ0n) is 16.7. The molecule has 1 aliphatic heterocycles. The van der Waals surface area contributed by atoms with E-state index in [1.54, 1.807) is 11.7 Å². The zero-order valence-corrected chi connectivity index (χ0v) is 19.0. The minimum absolute atomic E-state index is 0. The van der Waals surface area contributed by atoms with E-state index in [9.17, 15) is 4.79 Å². The number of morpholine rings is 1. The van der Waals surface area contributed by atoms with Crippen LogP contribution in [0.5, 0.6) is 0 Å². The number of guanidine groups is 1. The third kappa shape index (κ3) is 7.91. The van der Waals surface area contributed by atoms with Crippen molar-refractivity contribution in [1.29, 1.82) is 0 Å². The maximum Gasteiger partial charge on any atom is 0.407 e. The van der Waals surface area contributed by atoms with Gasteiger partial charge in [-0.25, -0.2) is 4.79 Å². The fourth-order valence-electron chi connectivity index (χ4n) is 2.64. The molecule has 154 valence electrons. The Labute approximate surface area is 177 Å². The van der Waals surface area contributed by atoms with Gasteiger partial charge in [0.15, 0.2) is 5.96 Å². The molecule has 1 fully saturated rings. The second kappa shape index (κ2) is 10.7. The minimum atomic E-state index is -0.497. The molecular weight excluding hydrogens is 463 g/mol. The van der Waals surface area contributed by atoms with Crippen molar-refractivity contribution in [3.05, 3.63) is 18.0 Å². The normalized spacial score (nSPS) is 17.9. The number of ether oxygens (including phenoxy) is 2. The van der Waals surface area contributed by atoms with Crippen molar-refractivity contribution in [2.75, 3.05) is 39.8 Å². The van der Waals surface area contributed by atoms with Crippen LogP contribution in [0.2, 0.25) is 0 Å². The van der Waals surface area contributed by atoms with Crippen LogP contribution in [-0.2, 0) is 16.5 Å². The monoisotopic (exact) mass is 494 g/mol. The Morgan fingerprint density at radius 2 is 2.11 bits per heavy atom. The van der Waals surface area contributed by atoms with E-state index < -0.39 is 11.7 Å². The van der Waals surface area contributed by atoms with Gasteiger partial charge >= 0.3 is 6.09 Å². The molecule has 1 amide bonds. The molecule has 1 aromatic heterocycles. The first-order chi connectivity index (χ1) is 12.3. The Hall–Kier alpha value is -1.56. The highest BCUT2D eigenvalue weighted by molar-refractivity contribution is 14.0. The maximum absolute atomic E-state index is 11.7. The van der Waals surface area contributed by atoms with Crippen molar-refractivity contribution in [2.24, 2.45) is 12.0 Å². The van der Waals surface area contributed by atoms with Crippen LogP contribution in [0.4, 0.5) is 4.79 Å². The Morgan fingerprint density at radius 3 is 2.70 bits per heavy atom. The van der Waals surface area contributed by atoms with Gasteiger partial charge in [0.25, 0.3) is 0 Å². The summed E-state index contributed by atoms with van der Waals surface area (Å²) in [5, 5.41) is 10.2. The standard InChI is InChI=1S/C17H30N6O3.HI/c1-17(2,3)26-16(24)20-7-6-19-15(18-4)23-8-9-25-14(12-23)13-10-21-22(5)11-13;/h10-11,14H,6-9,12H2,1-5H3,(H,18,19)(H,20,24);1H. The molecule has 0 bridgehead atoms. The van der Waals surface area contributed by atoms with Crippen molar-refractivity contribution < 1.29 is 14.3 Å². The van der Waals surface area contributed by atoms with E-state index in [0.717, 1.165) is 18.1 Å². The molecule has 1 unspecified atom stereocenters. The topological polar surface area (TPSA) is 93.0 Å². The van der Waals surface area contributed by atoms with E-state index in [2.05, 4.69) is 25.6 Å². The van der Waals surface area contributed by atoms with Crippen molar-refractivity contribution in [3.63, 3.8) is 0 Å². The summed E-state index contributed by atoms with van der Waals surface area (Å²) in [5.74, 6) is 0.785. The zero-order chi connectivity index (χ0) is 19.2. The van der Waals surface area contributed by atoms with Crippen LogP contribution in [0.3, 0.4) is 0 Å². The average Bonchev–Trinajstić information content (AvgIpc) is 3.00. The highest BCUT2D eigenvalue weighted by atomic mass is 127. The molecule has 27 heavy (non-hydrogen) atoms. The number of amides is 1. The highest BCUT2D eigenvalue weighted by Gasteiger charge is 2.25. The van der Waals surface area contributed by atoms with Gasteiger partial charge in [-0.15, -0.1) is 24.0 Å². The molecule has 0 saturated carbocycles. The summed E-state index contributed by atoms with van der Waals surface area (Å²) in [6.07, 6.45) is 3.35. The van der Waals surface area contributed by atoms with Crippen LogP contribution in [0, 0.1) is 0 Å². The number of halogens is 1. The van der Waals surface area contributed by atoms with E-state index in [4.69, 9.17) is 9.47 Å². The summed E-state index contributed by atoms with van der Waals surface area (Å²) in [4.78, 5) is 18.1. The van der Waals surface area contributed by atoms with Gasteiger partial charge in [-0.05, 0) is 20.8 Å². The fraction of sp³-hybridized carbons (Fsp3) is 0.706. The molecule has 1 aliphatic rings. The number of carbonyl (C=O) groups excluding carboxylic acids is 1. The van der Waals surface area contributed by atoms with Gasteiger partial charge < -0.3 is 25.0 Å². The summed E-state index contributed by atoms with van der Waals surface area (Å²) < 4.78 is 12.8. The summed E-state index contributed by atoms with van der Waals surface area (Å²) in [5.41, 5.74) is 0.557. The Balaban J connectivity index is 0.00000364. The number of alkyl carbamates (subject to hydrolysis) is 1. The Morgan fingerprint density at radius 1 is 1.41 bits per heavy atom. The summed E-state index contributed by atoms with van der Waals surface area (Å²) >= 11 is 0. The molecular formula is C17H31IN6O3. The molecule has 0 aliphatic carbocycles. The van der Waals surface area contributed by atoms with Crippen molar-refractivity contribution in [2.45, 2.75) is 32.5 Å². The number of aromatic nitrogens is 2. The van der Waals surface area contributed by atoms with Gasteiger partial charge in [-0.2, -0.15) is 5.10 Å². The first-order valence-electron chi connectivity index (χ1n) is 8.81. The largest absolute Gasteiger partial charge is 0.444 e. The molecule has 0 radical (unpaired) electrons. The number of rotatable bonds is 4. The molecule has 1 atom stereocenters. The second-order valence-corrected chi connectivity index (χ2v) is 7.16. The van der Waals surface area contributed by atoms with E-state index in [0.29, 0.717) is 26.2 Å². The molecule has 1 saturated heterocycles. The summed E-state index contributed by atoms with van der Waals surface area (Å²) in [6, 6.07) is 0. The first kappa shape index (κ1) is 23.5. The molecule has 10 heteroatoms. The van der Waals surface area contributed by atoms with Gasteiger partial charge in [0, 0.05) is 45.5 Å². The molecule has 0 spiro atoms. The Kier molecular flexibility index (Phi) is 9.30. The number of aliphatic imine (C=N–C) groups is 1. The Bertz CT molecular complexity index is 628. The lowest BCUT2D eigenvalue weighted by atomic mass is 10.1. The first-order valence-corrected chi connectivity index (χ1v) is 8.81. The van der Waals surface area contributed by atoms with Gasteiger partial charge in [0.05, 0.1) is 19.3 Å². The fourth-order valence-corrected chi connectivity index (χ4v) is 2.64. The van der Waals surface area contributed by atoms with Gasteiger partial charge in [0.2, 0.25) is 0 Å². The van der Waals surface area contributed by atoms with Crippen LogP contribution in [-0.4, -0.2) is 72.2 Å². The summed E-state index contributed by atoms with van der Waals surface area (Å²) in [7, 11) is 3.64. The number of aryl methyl sites for hydroxylation is 1. The van der Waals surface area contributed by atoms with Gasteiger partial charge in [-0.3, -0.25) is 9.67 Å². The van der Waals surface area contributed by atoms with Crippen LogP contribution < -0.4 is 10.6 Å². The van der Waals surface area contributed by atoms with Crippen molar-refractivity contribution >= 4 is 36.0 Å². The molecule has 9 nitrogen and oxygen atoms in total. The molecule has 1 aromatic rings. The van der Waals surface area contributed by atoms with E-state index in [-0.39, 0.29) is 30.1 Å². The van der Waals surface area contributed by atoms with Gasteiger partial charge in [0.1, 0.15) is 11.7 Å². The third-order valence-corrected chi connectivity index (χ3v) is 3.75. The van der Waals surface area contributed by atoms with Crippen molar-refractivity contribution in [3.8, 4) is 0 Å².